The van der Waals surface area contributed by atoms with E-state index in [4.69, 9.17) is 15.5 Å². The first-order valence-electron chi connectivity index (χ1n) is 12.3. The van der Waals surface area contributed by atoms with Crippen molar-refractivity contribution < 1.29 is 9.53 Å². The predicted octanol–water partition coefficient (Wildman–Crippen LogP) is 4.52. The summed E-state index contributed by atoms with van der Waals surface area (Å²) in [6.07, 6.45) is 10.2. The third-order valence-corrected chi connectivity index (χ3v) is 6.87. The molecule has 0 bridgehead atoms. The highest BCUT2D eigenvalue weighted by Gasteiger charge is 2.34. The van der Waals surface area contributed by atoms with Crippen LogP contribution in [0.25, 0.3) is 22.3 Å². The molecule has 0 radical (unpaired) electrons. The molecule has 2 aromatic heterocycles. The zero-order valence-electron chi connectivity index (χ0n) is 20.3. The molecule has 1 saturated carbocycles. The van der Waals surface area contributed by atoms with Crippen LogP contribution in [-0.4, -0.2) is 56.0 Å². The lowest BCUT2D eigenvalue weighted by Crippen LogP contribution is -2.50. The van der Waals surface area contributed by atoms with E-state index in [1.807, 2.05) is 39.2 Å². The number of amides is 1. The Morgan fingerprint density at radius 1 is 1.18 bits per heavy atom. The van der Waals surface area contributed by atoms with Crippen LogP contribution in [0.1, 0.15) is 64.0 Å². The Hall–Kier alpha value is -3.00. The lowest BCUT2D eigenvalue weighted by atomic mass is 9.77. The molecule has 2 aliphatic rings. The zero-order valence-corrected chi connectivity index (χ0v) is 20.3. The second-order valence-corrected chi connectivity index (χ2v) is 10.7. The average molecular weight is 463 g/mol. The van der Waals surface area contributed by atoms with Crippen molar-refractivity contribution in [3.63, 3.8) is 0 Å². The van der Waals surface area contributed by atoms with Gasteiger partial charge in [0.25, 0.3) is 0 Å². The number of hydrogen-bond donors (Lipinski definition) is 1. The van der Waals surface area contributed by atoms with Gasteiger partial charge in [0.2, 0.25) is 0 Å². The van der Waals surface area contributed by atoms with Crippen LogP contribution in [0.4, 0.5) is 4.79 Å². The number of carbonyl (C=O) groups is 1. The van der Waals surface area contributed by atoms with Gasteiger partial charge in [0.1, 0.15) is 5.60 Å². The third-order valence-electron chi connectivity index (χ3n) is 6.87. The van der Waals surface area contributed by atoms with E-state index in [1.54, 1.807) is 4.90 Å². The molecule has 8 heteroatoms. The Bertz CT molecular complexity index is 1170. The van der Waals surface area contributed by atoms with Crippen LogP contribution in [0.3, 0.4) is 0 Å². The molecule has 2 N–H and O–H groups in total. The van der Waals surface area contributed by atoms with Crippen molar-refractivity contribution in [2.45, 2.75) is 64.0 Å². The summed E-state index contributed by atoms with van der Waals surface area (Å²) in [5.74, 6) is 1.06. The number of benzene rings is 1. The summed E-state index contributed by atoms with van der Waals surface area (Å²) in [7, 11) is 0. The fourth-order valence-electron chi connectivity index (χ4n) is 4.82. The quantitative estimate of drug-likeness (QED) is 0.578. The number of aromatic nitrogens is 4. The minimum atomic E-state index is -0.476. The topological polar surface area (TPSA) is 99.2 Å². The molecule has 0 unspecified atom stereocenters. The minimum Gasteiger partial charge on any atom is -0.444 e. The van der Waals surface area contributed by atoms with Gasteiger partial charge in [0.05, 0.1) is 35.2 Å². The van der Waals surface area contributed by atoms with E-state index in [1.165, 1.54) is 24.8 Å². The van der Waals surface area contributed by atoms with Crippen LogP contribution in [0.2, 0.25) is 0 Å². The Kier molecular flexibility index (Phi) is 6.02. The van der Waals surface area contributed by atoms with Crippen LogP contribution in [-0.2, 0) is 4.74 Å². The Balaban J connectivity index is 1.25. The van der Waals surface area contributed by atoms with Crippen LogP contribution in [0.15, 0.2) is 36.8 Å². The molecule has 180 valence electrons. The molecular formula is C26H34N6O2. The molecule has 34 heavy (non-hydrogen) atoms. The van der Waals surface area contributed by atoms with Gasteiger partial charge >= 0.3 is 6.09 Å². The zero-order chi connectivity index (χ0) is 23.9. The van der Waals surface area contributed by atoms with Gasteiger partial charge in [-0.1, -0.05) is 6.07 Å². The van der Waals surface area contributed by atoms with E-state index in [2.05, 4.69) is 33.1 Å². The number of likely N-dealkylation sites (tertiary alicyclic amines) is 1. The monoisotopic (exact) mass is 462 g/mol. The summed E-state index contributed by atoms with van der Waals surface area (Å²) in [4.78, 5) is 23.5. The number of fused-ring (bicyclic) bond motifs is 1. The number of nitrogens with zero attached hydrogens (tertiary/aromatic N) is 5. The van der Waals surface area contributed by atoms with Gasteiger partial charge in [-0.05, 0) is 76.6 Å². The van der Waals surface area contributed by atoms with Crippen LogP contribution in [0, 0.1) is 5.92 Å². The highest BCUT2D eigenvalue weighted by atomic mass is 16.6. The fraction of sp³-hybridized carbons (Fsp3) is 0.538. The van der Waals surface area contributed by atoms with E-state index < -0.39 is 5.60 Å². The second kappa shape index (κ2) is 8.98. The minimum absolute atomic E-state index is 0.249. The van der Waals surface area contributed by atoms with Crippen molar-refractivity contribution in [2.24, 2.45) is 11.7 Å². The Labute approximate surface area is 200 Å². The standard InChI is InChI=1S/C26H34N6O2/c1-26(2,3)34-25(33)31-14-20(15-31)18-6-7-22-23(11-18)30-24(13-28-22)19-12-29-32(16-19)21-9-17(10-21)5-4-8-27/h6-7,11-13,16-17,20-21H,4-5,8-10,14-15,27H2,1-3H3. The van der Waals surface area contributed by atoms with Crippen molar-refractivity contribution in [1.82, 2.24) is 24.6 Å². The summed E-state index contributed by atoms with van der Waals surface area (Å²) in [5, 5.41) is 4.60. The lowest BCUT2D eigenvalue weighted by molar-refractivity contribution is 0.00820. The molecule has 8 nitrogen and oxygen atoms in total. The molecule has 0 atom stereocenters. The van der Waals surface area contributed by atoms with Gasteiger partial charge in [-0.2, -0.15) is 5.10 Å². The van der Waals surface area contributed by atoms with E-state index in [-0.39, 0.29) is 12.0 Å². The van der Waals surface area contributed by atoms with E-state index in [0.29, 0.717) is 19.1 Å². The maximum Gasteiger partial charge on any atom is 0.410 e. The fourth-order valence-corrected chi connectivity index (χ4v) is 4.82. The van der Waals surface area contributed by atoms with E-state index in [0.717, 1.165) is 41.2 Å². The van der Waals surface area contributed by atoms with Gasteiger partial charge in [-0.3, -0.25) is 9.67 Å². The Morgan fingerprint density at radius 3 is 2.71 bits per heavy atom. The smallest absolute Gasteiger partial charge is 0.410 e. The molecule has 5 rings (SSSR count). The number of nitrogens with two attached hydrogens (primary N) is 1. The second-order valence-electron chi connectivity index (χ2n) is 10.7. The van der Waals surface area contributed by atoms with Crippen LogP contribution >= 0.6 is 0 Å². The lowest BCUT2D eigenvalue weighted by Gasteiger charge is -2.40. The van der Waals surface area contributed by atoms with Crippen LogP contribution < -0.4 is 5.73 Å². The summed E-state index contributed by atoms with van der Waals surface area (Å²) >= 11 is 0. The highest BCUT2D eigenvalue weighted by molar-refractivity contribution is 5.78. The van der Waals surface area contributed by atoms with Crippen molar-refractivity contribution in [3.8, 4) is 11.3 Å². The van der Waals surface area contributed by atoms with E-state index in [9.17, 15) is 4.79 Å². The average Bonchev–Trinajstić information content (AvgIpc) is 3.19. The molecule has 0 spiro atoms. The number of hydrogen-bond acceptors (Lipinski definition) is 6. The van der Waals surface area contributed by atoms with Crippen molar-refractivity contribution in [1.29, 1.82) is 0 Å². The number of ether oxygens (including phenoxy) is 1. The Morgan fingerprint density at radius 2 is 1.97 bits per heavy atom. The summed E-state index contributed by atoms with van der Waals surface area (Å²) in [6.45, 7) is 7.76. The van der Waals surface area contributed by atoms with Crippen LogP contribution in [0.5, 0.6) is 0 Å². The molecule has 1 saturated heterocycles. The first-order chi connectivity index (χ1) is 16.3. The first kappa shape index (κ1) is 22.8. The summed E-state index contributed by atoms with van der Waals surface area (Å²) in [6, 6.07) is 6.67. The van der Waals surface area contributed by atoms with Gasteiger partial charge in [-0.25, -0.2) is 9.78 Å². The third kappa shape index (κ3) is 4.78. The summed E-state index contributed by atoms with van der Waals surface area (Å²) < 4.78 is 7.55. The molecular weight excluding hydrogens is 428 g/mol. The van der Waals surface area contributed by atoms with Crippen molar-refractivity contribution in [3.05, 3.63) is 42.4 Å². The van der Waals surface area contributed by atoms with Gasteiger partial charge < -0.3 is 15.4 Å². The molecule has 1 aliphatic carbocycles. The number of carbonyl (C=O) groups excluding carboxylic acids is 1. The van der Waals surface area contributed by atoms with Gasteiger partial charge in [-0.15, -0.1) is 0 Å². The molecule has 3 aromatic rings. The number of rotatable bonds is 6. The van der Waals surface area contributed by atoms with Crippen molar-refractivity contribution in [2.75, 3.05) is 19.6 Å². The molecule has 3 heterocycles. The maximum atomic E-state index is 12.2. The van der Waals surface area contributed by atoms with Gasteiger partial charge in [0, 0.05) is 30.8 Å². The maximum absolute atomic E-state index is 12.2. The van der Waals surface area contributed by atoms with Gasteiger partial charge in [0.15, 0.2) is 0 Å². The predicted molar refractivity (Wildman–Crippen MR) is 131 cm³/mol. The normalized spacial score (nSPS) is 20.8. The molecule has 1 aromatic carbocycles. The first-order valence-corrected chi connectivity index (χ1v) is 12.3. The highest BCUT2D eigenvalue weighted by Crippen LogP contribution is 2.40. The molecule has 1 amide bonds. The SMILES string of the molecule is CC(C)(C)OC(=O)N1CC(c2ccc3ncc(-c4cnn(C5CC(CCCN)C5)c4)nc3c2)C1. The molecule has 1 aliphatic heterocycles. The van der Waals surface area contributed by atoms with E-state index >= 15 is 0 Å². The molecule has 2 fully saturated rings. The van der Waals surface area contributed by atoms with Crippen molar-refractivity contribution >= 4 is 17.1 Å². The summed E-state index contributed by atoms with van der Waals surface area (Å²) in [5.41, 5.74) is 9.88. The largest absolute Gasteiger partial charge is 0.444 e.